The molecule has 0 heterocycles. The van der Waals surface area contributed by atoms with Crippen molar-refractivity contribution in [2.24, 2.45) is 5.92 Å². The highest BCUT2D eigenvalue weighted by Gasteiger charge is 2.31. The molecule has 0 aliphatic rings. The van der Waals surface area contributed by atoms with Crippen LogP contribution in [0.25, 0.3) is 0 Å². The number of alkyl halides is 3. The van der Waals surface area contributed by atoms with Crippen LogP contribution in [-0.4, -0.2) is 32.4 Å². The van der Waals surface area contributed by atoms with Gasteiger partial charge in [0.1, 0.15) is 5.75 Å². The maximum Gasteiger partial charge on any atom is 0.573 e. The predicted octanol–water partition coefficient (Wildman–Crippen LogP) is 2.17. The van der Waals surface area contributed by atoms with Crippen LogP contribution in [0.15, 0.2) is 24.3 Å². The molecule has 0 aliphatic carbocycles. The molecule has 112 valence electrons. The maximum absolute atomic E-state index is 12.0. The Balaban J connectivity index is 2.53. The number of rotatable bonds is 6. The highest BCUT2D eigenvalue weighted by molar-refractivity contribution is 5.94. The van der Waals surface area contributed by atoms with Gasteiger partial charge in [-0.2, -0.15) is 0 Å². The molecule has 20 heavy (non-hydrogen) atoms. The zero-order valence-corrected chi connectivity index (χ0v) is 11.3. The summed E-state index contributed by atoms with van der Waals surface area (Å²) in [5, 5.41) is 5.70. The monoisotopic (exact) mass is 290 g/mol. The summed E-state index contributed by atoms with van der Waals surface area (Å²) in [6.45, 7) is 3.22. The summed E-state index contributed by atoms with van der Waals surface area (Å²) in [4.78, 5) is 11.8. The molecule has 1 aromatic carbocycles. The zero-order valence-electron chi connectivity index (χ0n) is 11.3. The van der Waals surface area contributed by atoms with Gasteiger partial charge in [-0.05, 0) is 43.8 Å². The van der Waals surface area contributed by atoms with E-state index in [1.54, 1.807) is 0 Å². The highest BCUT2D eigenvalue weighted by atomic mass is 19.4. The Labute approximate surface area is 115 Å². The van der Waals surface area contributed by atoms with Crippen molar-refractivity contribution >= 4 is 5.91 Å². The lowest BCUT2D eigenvalue weighted by Gasteiger charge is -2.12. The SMILES string of the molecule is CNCC(C)CNC(=O)c1ccc(OC(F)(F)F)cc1. The van der Waals surface area contributed by atoms with Crippen LogP contribution < -0.4 is 15.4 Å². The van der Waals surface area contributed by atoms with Crippen molar-refractivity contribution in [3.63, 3.8) is 0 Å². The molecule has 0 fully saturated rings. The second-order valence-corrected chi connectivity index (χ2v) is 4.45. The third-order valence-electron chi connectivity index (χ3n) is 2.51. The summed E-state index contributed by atoms with van der Waals surface area (Å²) in [5.41, 5.74) is 0.288. The third-order valence-corrected chi connectivity index (χ3v) is 2.51. The first-order chi connectivity index (χ1) is 9.31. The number of nitrogens with one attached hydrogen (secondary N) is 2. The first-order valence-electron chi connectivity index (χ1n) is 6.10. The van der Waals surface area contributed by atoms with Gasteiger partial charge >= 0.3 is 6.36 Å². The smallest absolute Gasteiger partial charge is 0.406 e. The Morgan fingerprint density at radius 1 is 1.25 bits per heavy atom. The van der Waals surface area contributed by atoms with Crippen LogP contribution in [0.4, 0.5) is 13.2 Å². The normalized spacial score (nSPS) is 12.8. The van der Waals surface area contributed by atoms with Crippen molar-refractivity contribution in [2.45, 2.75) is 13.3 Å². The van der Waals surface area contributed by atoms with Gasteiger partial charge in [-0.15, -0.1) is 13.2 Å². The highest BCUT2D eigenvalue weighted by Crippen LogP contribution is 2.22. The van der Waals surface area contributed by atoms with Crippen LogP contribution in [0.3, 0.4) is 0 Å². The van der Waals surface area contributed by atoms with Gasteiger partial charge in [0.2, 0.25) is 0 Å². The van der Waals surface area contributed by atoms with Crippen molar-refractivity contribution < 1.29 is 22.7 Å². The van der Waals surface area contributed by atoms with E-state index in [1.165, 1.54) is 12.1 Å². The van der Waals surface area contributed by atoms with E-state index in [4.69, 9.17) is 0 Å². The molecule has 0 saturated carbocycles. The first-order valence-corrected chi connectivity index (χ1v) is 6.10. The standard InChI is InChI=1S/C13H17F3N2O2/c1-9(7-17-2)8-18-12(19)10-3-5-11(6-4-10)20-13(14,15)16/h3-6,9,17H,7-8H2,1-2H3,(H,18,19). The number of amides is 1. The van der Waals surface area contributed by atoms with Crippen molar-refractivity contribution in [1.82, 2.24) is 10.6 Å². The Hall–Kier alpha value is -1.76. The summed E-state index contributed by atoms with van der Waals surface area (Å²) < 4.78 is 39.7. The van der Waals surface area contributed by atoms with Crippen LogP contribution in [0.5, 0.6) is 5.75 Å². The van der Waals surface area contributed by atoms with Crippen LogP contribution >= 0.6 is 0 Å². The van der Waals surface area contributed by atoms with Gasteiger partial charge < -0.3 is 15.4 Å². The average Bonchev–Trinajstić information content (AvgIpc) is 2.35. The fourth-order valence-electron chi connectivity index (χ4n) is 1.60. The third kappa shape index (κ3) is 5.92. The topological polar surface area (TPSA) is 50.4 Å². The van der Waals surface area contributed by atoms with Crippen LogP contribution in [0.1, 0.15) is 17.3 Å². The molecule has 0 radical (unpaired) electrons. The van der Waals surface area contributed by atoms with Crippen molar-refractivity contribution in [1.29, 1.82) is 0 Å². The quantitative estimate of drug-likeness (QED) is 0.844. The minimum atomic E-state index is -4.73. The van der Waals surface area contributed by atoms with E-state index in [-0.39, 0.29) is 23.1 Å². The number of carbonyl (C=O) groups excluding carboxylic acids is 1. The minimum absolute atomic E-state index is 0.261. The Bertz CT molecular complexity index is 432. The molecule has 1 unspecified atom stereocenters. The average molecular weight is 290 g/mol. The lowest BCUT2D eigenvalue weighted by atomic mass is 10.1. The Kier molecular flexibility index (Phi) is 5.82. The summed E-state index contributed by atoms with van der Waals surface area (Å²) >= 11 is 0. The second-order valence-electron chi connectivity index (χ2n) is 4.45. The summed E-state index contributed by atoms with van der Waals surface area (Å²) in [5.74, 6) is -0.416. The number of halogens is 3. The first kappa shape index (κ1) is 16.3. The Morgan fingerprint density at radius 2 is 1.85 bits per heavy atom. The number of benzene rings is 1. The lowest BCUT2D eigenvalue weighted by molar-refractivity contribution is -0.274. The van der Waals surface area contributed by atoms with Crippen molar-refractivity contribution in [2.75, 3.05) is 20.1 Å². The summed E-state index contributed by atoms with van der Waals surface area (Å²) in [6, 6.07) is 4.80. The molecule has 4 nitrogen and oxygen atoms in total. The van der Waals surface area contributed by atoms with Gasteiger partial charge in [0.15, 0.2) is 0 Å². The number of hydrogen-bond donors (Lipinski definition) is 2. The molecule has 0 spiro atoms. The van der Waals surface area contributed by atoms with Crippen molar-refractivity contribution in [3.05, 3.63) is 29.8 Å². The number of hydrogen-bond acceptors (Lipinski definition) is 3. The summed E-state index contributed by atoms with van der Waals surface area (Å²) in [7, 11) is 1.82. The van der Waals surface area contributed by atoms with E-state index >= 15 is 0 Å². The molecular weight excluding hydrogens is 273 g/mol. The number of carbonyl (C=O) groups is 1. The van der Waals surface area contributed by atoms with Gasteiger partial charge in [-0.25, -0.2) is 0 Å². The van der Waals surface area contributed by atoms with E-state index in [1.807, 2.05) is 14.0 Å². The van der Waals surface area contributed by atoms with Crippen LogP contribution in [0, 0.1) is 5.92 Å². The van der Waals surface area contributed by atoms with Gasteiger partial charge in [0, 0.05) is 12.1 Å². The molecule has 1 rings (SSSR count). The molecule has 0 aromatic heterocycles. The molecule has 0 aliphatic heterocycles. The van der Waals surface area contributed by atoms with Gasteiger partial charge in [0.05, 0.1) is 0 Å². The van der Waals surface area contributed by atoms with E-state index < -0.39 is 6.36 Å². The lowest BCUT2D eigenvalue weighted by Crippen LogP contribution is -2.32. The van der Waals surface area contributed by atoms with Gasteiger partial charge in [0.25, 0.3) is 5.91 Å². The summed E-state index contributed by atoms with van der Waals surface area (Å²) in [6.07, 6.45) is -4.73. The molecule has 1 atom stereocenters. The molecule has 0 saturated heterocycles. The Morgan fingerprint density at radius 3 is 2.35 bits per heavy atom. The largest absolute Gasteiger partial charge is 0.573 e. The van der Waals surface area contributed by atoms with Gasteiger partial charge in [-0.1, -0.05) is 6.92 Å². The zero-order chi connectivity index (χ0) is 15.2. The fourth-order valence-corrected chi connectivity index (χ4v) is 1.60. The van der Waals surface area contributed by atoms with E-state index in [0.717, 1.165) is 18.7 Å². The number of ether oxygens (including phenoxy) is 1. The minimum Gasteiger partial charge on any atom is -0.406 e. The molecule has 7 heteroatoms. The molecule has 1 aromatic rings. The van der Waals surface area contributed by atoms with E-state index in [0.29, 0.717) is 6.54 Å². The predicted molar refractivity (Wildman–Crippen MR) is 68.5 cm³/mol. The fraction of sp³-hybridized carbons (Fsp3) is 0.462. The van der Waals surface area contributed by atoms with Gasteiger partial charge in [-0.3, -0.25) is 4.79 Å². The molecule has 0 bridgehead atoms. The molecular formula is C13H17F3N2O2. The molecule has 1 amide bonds. The maximum atomic E-state index is 12.0. The molecule has 2 N–H and O–H groups in total. The second kappa shape index (κ2) is 7.14. The van der Waals surface area contributed by atoms with E-state index in [9.17, 15) is 18.0 Å². The van der Waals surface area contributed by atoms with Crippen LogP contribution in [0.2, 0.25) is 0 Å². The van der Waals surface area contributed by atoms with Crippen LogP contribution in [-0.2, 0) is 0 Å². The van der Waals surface area contributed by atoms with Crippen molar-refractivity contribution in [3.8, 4) is 5.75 Å². The van der Waals surface area contributed by atoms with E-state index in [2.05, 4.69) is 15.4 Å².